The van der Waals surface area contributed by atoms with Crippen molar-refractivity contribution < 1.29 is 34.2 Å². The highest BCUT2D eigenvalue weighted by Gasteiger charge is 2.32. The molecular weight excluding hydrogens is 412 g/mol. The number of carbonyl (C=O) groups is 5. The van der Waals surface area contributed by atoms with Crippen LogP contribution in [-0.2, 0) is 24.0 Å². The number of aliphatic hydroxyl groups excluding tert-OH is 1. The van der Waals surface area contributed by atoms with Crippen molar-refractivity contribution in [2.45, 2.75) is 63.7 Å². The lowest BCUT2D eigenvalue weighted by molar-refractivity contribution is -0.143. The van der Waals surface area contributed by atoms with Crippen LogP contribution in [0.25, 0.3) is 0 Å². The molecule has 11 N–H and O–H groups in total. The van der Waals surface area contributed by atoms with Gasteiger partial charge < -0.3 is 43.4 Å². The number of hydrogen-bond donors (Lipinski definition) is 8. The lowest BCUT2D eigenvalue weighted by Crippen LogP contribution is -2.59. The fraction of sp³-hybridized carbons (Fsp3) is 0.722. The molecule has 178 valence electrons. The van der Waals surface area contributed by atoms with Crippen LogP contribution >= 0.6 is 0 Å². The second-order valence-electron chi connectivity index (χ2n) is 7.43. The number of carboxylic acid groups (broad SMARTS) is 1. The van der Waals surface area contributed by atoms with Crippen LogP contribution < -0.4 is 33.2 Å². The summed E-state index contributed by atoms with van der Waals surface area (Å²) in [7, 11) is 0. The van der Waals surface area contributed by atoms with Gasteiger partial charge in [0.05, 0.1) is 19.1 Å². The average Bonchev–Trinajstić information content (AvgIpc) is 2.68. The van der Waals surface area contributed by atoms with Crippen LogP contribution in [0.15, 0.2) is 0 Å². The zero-order valence-electron chi connectivity index (χ0n) is 17.8. The first kappa shape index (κ1) is 28.2. The molecule has 31 heavy (non-hydrogen) atoms. The Bertz CT molecular complexity index is 643. The Hall–Kier alpha value is -2.77. The second-order valence-corrected chi connectivity index (χ2v) is 7.43. The maximum absolute atomic E-state index is 12.7. The largest absolute Gasteiger partial charge is 0.480 e. The van der Waals surface area contributed by atoms with Crippen LogP contribution in [0.2, 0.25) is 0 Å². The highest BCUT2D eigenvalue weighted by Crippen LogP contribution is 2.05. The lowest BCUT2D eigenvalue weighted by Gasteiger charge is -2.26. The van der Waals surface area contributed by atoms with E-state index < -0.39 is 72.7 Å². The van der Waals surface area contributed by atoms with Crippen molar-refractivity contribution in [2.75, 3.05) is 13.2 Å². The Morgan fingerprint density at radius 1 is 0.903 bits per heavy atom. The van der Waals surface area contributed by atoms with Crippen LogP contribution in [0, 0.1) is 5.92 Å². The highest BCUT2D eigenvalue weighted by molar-refractivity contribution is 5.96. The summed E-state index contributed by atoms with van der Waals surface area (Å²) in [4.78, 5) is 59.7. The fourth-order valence-corrected chi connectivity index (χ4v) is 2.56. The van der Waals surface area contributed by atoms with E-state index in [0.29, 0.717) is 25.8 Å². The molecule has 0 saturated carbocycles. The maximum Gasteiger partial charge on any atom is 0.328 e. The number of rotatable bonds is 15. The number of primary amides is 1. The molecule has 0 fully saturated rings. The topological polar surface area (TPSA) is 240 Å². The molecule has 0 aliphatic rings. The molecule has 13 nitrogen and oxygen atoms in total. The van der Waals surface area contributed by atoms with Gasteiger partial charge in [0.15, 0.2) is 0 Å². The Kier molecular flexibility index (Phi) is 13.0. The predicted octanol–water partition coefficient (Wildman–Crippen LogP) is -3.49. The number of carbonyl (C=O) groups excluding carboxylic acids is 4. The van der Waals surface area contributed by atoms with E-state index in [1.54, 1.807) is 13.8 Å². The zero-order chi connectivity index (χ0) is 24.1. The number of nitrogens with two attached hydrogens (primary N) is 3. The first-order chi connectivity index (χ1) is 14.4. The predicted molar refractivity (Wildman–Crippen MR) is 110 cm³/mol. The maximum atomic E-state index is 12.7. The van der Waals surface area contributed by atoms with Gasteiger partial charge in [0.1, 0.15) is 18.1 Å². The molecule has 0 saturated heterocycles. The van der Waals surface area contributed by atoms with E-state index in [9.17, 15) is 24.0 Å². The first-order valence-corrected chi connectivity index (χ1v) is 9.93. The molecule has 4 atom stereocenters. The summed E-state index contributed by atoms with van der Waals surface area (Å²) in [6.07, 6.45) is 1.06. The molecule has 13 heteroatoms. The van der Waals surface area contributed by atoms with Gasteiger partial charge in [0, 0.05) is 0 Å². The summed E-state index contributed by atoms with van der Waals surface area (Å²) < 4.78 is 0. The Morgan fingerprint density at radius 2 is 1.48 bits per heavy atom. The number of amides is 4. The molecule has 0 spiro atoms. The van der Waals surface area contributed by atoms with Crippen molar-refractivity contribution >= 4 is 29.6 Å². The lowest BCUT2D eigenvalue weighted by atomic mass is 10.0. The van der Waals surface area contributed by atoms with Gasteiger partial charge in [-0.2, -0.15) is 0 Å². The van der Waals surface area contributed by atoms with Gasteiger partial charge in [-0.3, -0.25) is 19.2 Å². The molecule has 0 rings (SSSR count). The summed E-state index contributed by atoms with van der Waals surface area (Å²) in [6, 6.07) is -5.07. The second kappa shape index (κ2) is 14.3. The third-order valence-corrected chi connectivity index (χ3v) is 4.39. The molecule has 0 aromatic heterocycles. The van der Waals surface area contributed by atoms with Crippen molar-refractivity contribution in [3.05, 3.63) is 0 Å². The molecule has 0 aliphatic carbocycles. The molecule has 0 aromatic rings. The van der Waals surface area contributed by atoms with Gasteiger partial charge in [-0.25, -0.2) is 4.79 Å². The Balaban J connectivity index is 5.27. The molecular formula is C18H34N6O7. The summed E-state index contributed by atoms with van der Waals surface area (Å²) in [5.41, 5.74) is 16.3. The number of hydrogen-bond acceptors (Lipinski definition) is 8. The molecule has 0 aliphatic heterocycles. The molecule has 0 heterocycles. The van der Waals surface area contributed by atoms with Crippen LogP contribution in [-0.4, -0.2) is 77.1 Å². The zero-order valence-corrected chi connectivity index (χ0v) is 17.8. The van der Waals surface area contributed by atoms with Crippen molar-refractivity contribution in [1.82, 2.24) is 16.0 Å². The number of carboxylic acids is 1. The van der Waals surface area contributed by atoms with Crippen LogP contribution in [0.3, 0.4) is 0 Å². The van der Waals surface area contributed by atoms with E-state index in [1.807, 2.05) is 0 Å². The van der Waals surface area contributed by atoms with E-state index in [-0.39, 0.29) is 0 Å². The van der Waals surface area contributed by atoms with E-state index in [2.05, 4.69) is 16.0 Å². The molecule has 0 aromatic carbocycles. The summed E-state index contributed by atoms with van der Waals surface area (Å²) in [5.74, 6) is -5.20. The molecule has 0 radical (unpaired) electrons. The Morgan fingerprint density at radius 3 is 1.94 bits per heavy atom. The van der Waals surface area contributed by atoms with E-state index in [4.69, 9.17) is 27.4 Å². The molecule has 0 bridgehead atoms. The normalized spacial score (nSPS) is 14.8. The third-order valence-electron chi connectivity index (χ3n) is 4.39. The first-order valence-electron chi connectivity index (χ1n) is 9.93. The Labute approximate surface area is 180 Å². The van der Waals surface area contributed by atoms with Gasteiger partial charge in [0.2, 0.25) is 23.6 Å². The van der Waals surface area contributed by atoms with Crippen molar-refractivity contribution in [1.29, 1.82) is 0 Å². The minimum atomic E-state index is -1.56. The minimum Gasteiger partial charge on any atom is -0.480 e. The number of aliphatic carboxylic acids is 1. The van der Waals surface area contributed by atoms with Gasteiger partial charge in [-0.1, -0.05) is 20.3 Å². The number of unbranched alkanes of at least 4 members (excludes halogenated alkanes) is 1. The van der Waals surface area contributed by atoms with Crippen LogP contribution in [0.5, 0.6) is 0 Å². The third kappa shape index (κ3) is 10.7. The van der Waals surface area contributed by atoms with Crippen LogP contribution in [0.1, 0.15) is 39.5 Å². The van der Waals surface area contributed by atoms with Gasteiger partial charge in [0.25, 0.3) is 0 Å². The minimum absolute atomic E-state index is 0.322. The summed E-state index contributed by atoms with van der Waals surface area (Å²) >= 11 is 0. The number of aliphatic hydroxyl groups is 1. The quantitative estimate of drug-likeness (QED) is 0.116. The summed E-state index contributed by atoms with van der Waals surface area (Å²) in [5, 5.41) is 24.9. The van der Waals surface area contributed by atoms with Crippen molar-refractivity contribution in [2.24, 2.45) is 23.1 Å². The van der Waals surface area contributed by atoms with E-state index >= 15 is 0 Å². The van der Waals surface area contributed by atoms with E-state index in [0.717, 1.165) is 0 Å². The van der Waals surface area contributed by atoms with Gasteiger partial charge in [-0.15, -0.1) is 0 Å². The average molecular weight is 447 g/mol. The SMILES string of the molecule is CC(C)C(NC(=O)C(CC(N)=O)NC(=O)C(N)CCCCN)C(=O)NC(CO)C(=O)O. The van der Waals surface area contributed by atoms with E-state index in [1.165, 1.54) is 0 Å². The van der Waals surface area contributed by atoms with Gasteiger partial charge >= 0.3 is 5.97 Å². The fourth-order valence-electron chi connectivity index (χ4n) is 2.56. The summed E-state index contributed by atoms with van der Waals surface area (Å²) in [6.45, 7) is 2.78. The van der Waals surface area contributed by atoms with Crippen molar-refractivity contribution in [3.8, 4) is 0 Å². The van der Waals surface area contributed by atoms with Crippen LogP contribution in [0.4, 0.5) is 0 Å². The highest BCUT2D eigenvalue weighted by atomic mass is 16.4. The molecule has 4 unspecified atom stereocenters. The monoisotopic (exact) mass is 446 g/mol. The number of nitrogens with one attached hydrogen (secondary N) is 3. The standard InChI is InChI=1S/C18H34N6O7/c1-9(2)14(17(29)23-12(8-25)18(30)31)24-16(28)11(7-13(21)26)22-15(27)10(20)5-3-4-6-19/h9-12,14,25H,3-8,19-20H2,1-2H3,(H2,21,26)(H,22,27)(H,23,29)(H,24,28)(H,30,31). The van der Waals surface area contributed by atoms with Crippen molar-refractivity contribution in [3.63, 3.8) is 0 Å². The smallest absolute Gasteiger partial charge is 0.328 e. The molecule has 4 amide bonds. The van der Waals surface area contributed by atoms with Gasteiger partial charge in [-0.05, 0) is 25.3 Å².